The standard InChI is InChI=1S/C19H32N2O.ClH/c1-21(18(22)3-2-14-4-5-20-12-14)13-19-9-15-6-16(10-19)8-17(7-15)11-19;/h14-17,20H,2-13H2,1H3;1H. The summed E-state index contributed by atoms with van der Waals surface area (Å²) in [7, 11) is 2.06. The third-order valence-corrected chi connectivity index (χ3v) is 7.09. The second kappa shape index (κ2) is 6.92. The van der Waals surface area contributed by atoms with E-state index in [4.69, 9.17) is 0 Å². The number of carbonyl (C=O) groups excluding carboxylic acids is 1. The molecule has 0 aromatic carbocycles. The van der Waals surface area contributed by atoms with Gasteiger partial charge < -0.3 is 10.2 Å². The molecule has 1 atom stereocenters. The molecule has 5 fully saturated rings. The molecule has 0 aromatic heterocycles. The van der Waals surface area contributed by atoms with Gasteiger partial charge in [-0.15, -0.1) is 12.4 Å². The zero-order chi connectivity index (χ0) is 15.2. The summed E-state index contributed by atoms with van der Waals surface area (Å²) in [5.41, 5.74) is 0.494. The Labute approximate surface area is 147 Å². The van der Waals surface area contributed by atoms with Gasteiger partial charge in [0.1, 0.15) is 0 Å². The van der Waals surface area contributed by atoms with Crippen LogP contribution in [0.4, 0.5) is 0 Å². The summed E-state index contributed by atoms with van der Waals surface area (Å²) in [6, 6.07) is 0. The average Bonchev–Trinajstić information content (AvgIpc) is 2.95. The van der Waals surface area contributed by atoms with Gasteiger partial charge in [0, 0.05) is 20.0 Å². The first-order valence-electron chi connectivity index (χ1n) is 9.57. The van der Waals surface area contributed by atoms with Gasteiger partial charge >= 0.3 is 0 Å². The normalized spacial score (nSPS) is 40.9. The Morgan fingerprint density at radius 2 is 1.74 bits per heavy atom. The fourth-order valence-corrected chi connectivity index (χ4v) is 6.55. The SMILES string of the molecule is CN(CC12CC3CC(CC(C3)C1)C2)C(=O)CCC1CCNC1.Cl. The maximum Gasteiger partial charge on any atom is 0.222 e. The first kappa shape index (κ1) is 17.5. The van der Waals surface area contributed by atoms with E-state index < -0.39 is 0 Å². The summed E-state index contributed by atoms with van der Waals surface area (Å²) >= 11 is 0. The third-order valence-electron chi connectivity index (χ3n) is 7.09. The highest BCUT2D eigenvalue weighted by Crippen LogP contribution is 2.60. The number of hydrogen-bond donors (Lipinski definition) is 1. The van der Waals surface area contributed by atoms with Crippen molar-refractivity contribution in [2.24, 2.45) is 29.1 Å². The highest BCUT2D eigenvalue weighted by molar-refractivity contribution is 5.85. The van der Waals surface area contributed by atoms with Crippen LogP contribution in [0.2, 0.25) is 0 Å². The summed E-state index contributed by atoms with van der Waals surface area (Å²) in [4.78, 5) is 14.6. The van der Waals surface area contributed by atoms with Crippen molar-refractivity contribution in [1.29, 1.82) is 0 Å². The van der Waals surface area contributed by atoms with Gasteiger partial charge in [-0.05, 0) is 93.5 Å². The van der Waals surface area contributed by atoms with Crippen LogP contribution in [-0.2, 0) is 4.79 Å². The lowest BCUT2D eigenvalue weighted by molar-refractivity contribution is -0.135. The molecule has 3 nitrogen and oxygen atoms in total. The van der Waals surface area contributed by atoms with Gasteiger partial charge in [0.25, 0.3) is 0 Å². The minimum absolute atomic E-state index is 0. The molecule has 0 radical (unpaired) electrons. The highest BCUT2D eigenvalue weighted by Gasteiger charge is 2.51. The second-order valence-electron chi connectivity index (χ2n) is 9.06. The van der Waals surface area contributed by atoms with Crippen molar-refractivity contribution < 1.29 is 4.79 Å². The number of hydrogen-bond acceptors (Lipinski definition) is 2. The molecule has 1 aliphatic heterocycles. The lowest BCUT2D eigenvalue weighted by Gasteiger charge is -2.57. The zero-order valence-corrected chi connectivity index (χ0v) is 15.4. The van der Waals surface area contributed by atoms with Gasteiger partial charge in [0.05, 0.1) is 0 Å². The lowest BCUT2D eigenvalue weighted by Crippen LogP contribution is -2.51. The van der Waals surface area contributed by atoms with E-state index in [1.54, 1.807) is 0 Å². The highest BCUT2D eigenvalue weighted by atomic mass is 35.5. The van der Waals surface area contributed by atoms with Crippen LogP contribution in [0.1, 0.15) is 57.8 Å². The maximum atomic E-state index is 12.5. The minimum Gasteiger partial charge on any atom is -0.345 e. The van der Waals surface area contributed by atoms with Crippen LogP contribution in [0, 0.1) is 29.1 Å². The number of rotatable bonds is 5. The number of carbonyl (C=O) groups is 1. The largest absolute Gasteiger partial charge is 0.345 e. The topological polar surface area (TPSA) is 32.3 Å². The maximum absolute atomic E-state index is 12.5. The van der Waals surface area contributed by atoms with Gasteiger partial charge in [0.2, 0.25) is 5.91 Å². The van der Waals surface area contributed by atoms with Crippen LogP contribution in [0.5, 0.6) is 0 Å². The average molecular weight is 341 g/mol. The van der Waals surface area contributed by atoms with E-state index in [-0.39, 0.29) is 12.4 Å². The minimum atomic E-state index is 0. The van der Waals surface area contributed by atoms with Crippen molar-refractivity contribution in [2.45, 2.75) is 57.8 Å². The van der Waals surface area contributed by atoms with E-state index in [0.717, 1.165) is 56.1 Å². The van der Waals surface area contributed by atoms with E-state index in [1.165, 1.54) is 44.9 Å². The van der Waals surface area contributed by atoms with E-state index >= 15 is 0 Å². The Balaban J connectivity index is 0.00000156. The molecule has 4 heteroatoms. The molecule has 4 aliphatic carbocycles. The molecule has 1 amide bonds. The van der Waals surface area contributed by atoms with E-state index in [9.17, 15) is 4.79 Å². The molecule has 0 spiro atoms. The van der Waals surface area contributed by atoms with Gasteiger partial charge in [-0.1, -0.05) is 0 Å². The van der Waals surface area contributed by atoms with Crippen LogP contribution < -0.4 is 5.32 Å². The van der Waals surface area contributed by atoms with E-state index in [1.807, 2.05) is 0 Å². The molecule has 132 valence electrons. The van der Waals surface area contributed by atoms with Crippen LogP contribution in [0.3, 0.4) is 0 Å². The predicted octanol–water partition coefficient (Wildman–Crippen LogP) is 3.47. The van der Waals surface area contributed by atoms with Crippen molar-refractivity contribution >= 4 is 18.3 Å². The summed E-state index contributed by atoms with van der Waals surface area (Å²) in [6.45, 7) is 3.30. The zero-order valence-electron chi connectivity index (χ0n) is 14.6. The van der Waals surface area contributed by atoms with Gasteiger partial charge in [-0.25, -0.2) is 0 Å². The number of halogens is 1. The number of nitrogens with one attached hydrogen (secondary N) is 1. The first-order valence-corrected chi connectivity index (χ1v) is 9.57. The second-order valence-corrected chi connectivity index (χ2v) is 9.06. The fourth-order valence-electron chi connectivity index (χ4n) is 6.55. The van der Waals surface area contributed by atoms with Crippen molar-refractivity contribution in [3.05, 3.63) is 0 Å². The van der Waals surface area contributed by atoms with Gasteiger partial charge in [0.15, 0.2) is 0 Å². The van der Waals surface area contributed by atoms with Gasteiger partial charge in [-0.2, -0.15) is 0 Å². The molecule has 5 aliphatic rings. The Bertz CT molecular complexity index is 398. The molecule has 0 aromatic rings. The number of nitrogens with zero attached hydrogens (tertiary/aromatic N) is 1. The smallest absolute Gasteiger partial charge is 0.222 e. The van der Waals surface area contributed by atoms with Crippen LogP contribution in [0.25, 0.3) is 0 Å². The van der Waals surface area contributed by atoms with E-state index in [2.05, 4.69) is 17.3 Å². The molecular formula is C19H33ClN2O. The van der Waals surface area contributed by atoms with Crippen LogP contribution in [-0.4, -0.2) is 37.5 Å². The van der Waals surface area contributed by atoms with Crippen LogP contribution in [0.15, 0.2) is 0 Å². The summed E-state index contributed by atoms with van der Waals surface area (Å²) < 4.78 is 0. The van der Waals surface area contributed by atoms with Gasteiger partial charge in [-0.3, -0.25) is 4.79 Å². The lowest BCUT2D eigenvalue weighted by atomic mass is 9.49. The molecule has 1 N–H and O–H groups in total. The molecule has 4 bridgehead atoms. The third kappa shape index (κ3) is 3.71. The summed E-state index contributed by atoms with van der Waals surface area (Å²) in [6.07, 6.45) is 11.8. The molecular weight excluding hydrogens is 308 g/mol. The monoisotopic (exact) mass is 340 g/mol. The van der Waals surface area contributed by atoms with Crippen molar-refractivity contribution in [3.8, 4) is 0 Å². The molecule has 1 saturated heterocycles. The molecule has 4 saturated carbocycles. The quantitative estimate of drug-likeness (QED) is 0.831. The van der Waals surface area contributed by atoms with Crippen LogP contribution >= 0.6 is 12.4 Å². The van der Waals surface area contributed by atoms with E-state index in [0.29, 0.717) is 11.3 Å². The Kier molecular flexibility index (Phi) is 5.27. The summed E-state index contributed by atoms with van der Waals surface area (Å²) in [5.74, 6) is 4.08. The number of amides is 1. The molecule has 5 rings (SSSR count). The Morgan fingerprint density at radius 3 is 2.26 bits per heavy atom. The first-order chi connectivity index (χ1) is 10.6. The molecule has 1 unspecified atom stereocenters. The van der Waals surface area contributed by atoms with Crippen molar-refractivity contribution in [2.75, 3.05) is 26.7 Å². The van der Waals surface area contributed by atoms with Crippen molar-refractivity contribution in [3.63, 3.8) is 0 Å². The molecule has 23 heavy (non-hydrogen) atoms. The Morgan fingerprint density at radius 1 is 1.13 bits per heavy atom. The summed E-state index contributed by atoms with van der Waals surface area (Å²) in [5, 5.41) is 3.40. The Hall–Kier alpha value is -0.280. The van der Waals surface area contributed by atoms with Crippen molar-refractivity contribution in [1.82, 2.24) is 10.2 Å². The predicted molar refractivity (Wildman–Crippen MR) is 95.7 cm³/mol. The molecule has 1 heterocycles. The fraction of sp³-hybridized carbons (Fsp3) is 0.947.